The maximum atomic E-state index is 12.8. The lowest BCUT2D eigenvalue weighted by molar-refractivity contribution is 0.0982. The van der Waals surface area contributed by atoms with Crippen LogP contribution in [0, 0.1) is 5.82 Å². The maximum absolute atomic E-state index is 12.8. The van der Waals surface area contributed by atoms with E-state index in [0.717, 1.165) is 5.82 Å². The number of benzene rings is 1. The minimum Gasteiger partial charge on any atom is -0.336 e. The van der Waals surface area contributed by atoms with Gasteiger partial charge in [-0.15, -0.1) is 10.2 Å². The van der Waals surface area contributed by atoms with Gasteiger partial charge in [0.05, 0.1) is 0 Å². The van der Waals surface area contributed by atoms with Crippen LogP contribution in [0.4, 0.5) is 4.39 Å². The first-order valence-electron chi connectivity index (χ1n) is 7.41. The molecule has 0 amide bonds. The van der Waals surface area contributed by atoms with E-state index in [-0.39, 0.29) is 17.0 Å². The SMILES string of the molecule is CC(C)(C)c1nnc(SCCCC(=O)c2ccc(F)cc2)n1N. The van der Waals surface area contributed by atoms with Crippen LogP contribution in [0.3, 0.4) is 0 Å². The Morgan fingerprint density at radius 2 is 1.91 bits per heavy atom. The van der Waals surface area contributed by atoms with Crippen molar-refractivity contribution in [1.82, 2.24) is 14.9 Å². The molecule has 0 fully saturated rings. The van der Waals surface area contributed by atoms with E-state index in [0.29, 0.717) is 29.3 Å². The molecular weight excluding hydrogens is 315 g/mol. The van der Waals surface area contributed by atoms with Gasteiger partial charge in [-0.3, -0.25) is 4.79 Å². The number of hydrogen-bond acceptors (Lipinski definition) is 5. The Hall–Kier alpha value is -1.89. The summed E-state index contributed by atoms with van der Waals surface area (Å²) in [6.45, 7) is 6.07. The molecule has 0 bridgehead atoms. The zero-order valence-electron chi connectivity index (χ0n) is 13.5. The summed E-state index contributed by atoms with van der Waals surface area (Å²) in [5.74, 6) is 7.11. The van der Waals surface area contributed by atoms with Crippen molar-refractivity contribution in [2.24, 2.45) is 0 Å². The second kappa shape index (κ2) is 7.12. The molecule has 0 radical (unpaired) electrons. The van der Waals surface area contributed by atoms with Crippen LogP contribution in [0.2, 0.25) is 0 Å². The number of halogens is 1. The molecule has 124 valence electrons. The van der Waals surface area contributed by atoms with Crippen LogP contribution < -0.4 is 5.84 Å². The first kappa shape index (κ1) is 17.5. The first-order valence-corrected chi connectivity index (χ1v) is 8.40. The number of hydrogen-bond donors (Lipinski definition) is 1. The number of Topliss-reactive ketones (excluding diaryl/α,β-unsaturated/α-hetero) is 1. The van der Waals surface area contributed by atoms with E-state index in [9.17, 15) is 9.18 Å². The minimum absolute atomic E-state index is 0.00944. The molecule has 2 rings (SSSR count). The number of carbonyl (C=O) groups excluding carboxylic acids is 1. The number of carbonyl (C=O) groups is 1. The van der Waals surface area contributed by atoms with Crippen molar-refractivity contribution in [3.63, 3.8) is 0 Å². The van der Waals surface area contributed by atoms with E-state index in [1.807, 2.05) is 20.8 Å². The van der Waals surface area contributed by atoms with Crippen molar-refractivity contribution >= 4 is 17.5 Å². The Kier molecular flexibility index (Phi) is 5.41. The summed E-state index contributed by atoms with van der Waals surface area (Å²) < 4.78 is 14.3. The second-order valence-corrected chi connectivity index (χ2v) is 7.37. The van der Waals surface area contributed by atoms with Gasteiger partial charge in [0, 0.05) is 23.2 Å². The van der Waals surface area contributed by atoms with Crippen LogP contribution in [-0.2, 0) is 5.41 Å². The van der Waals surface area contributed by atoms with Crippen molar-refractivity contribution in [2.75, 3.05) is 11.6 Å². The number of thioether (sulfide) groups is 1. The lowest BCUT2D eigenvalue weighted by atomic mass is 9.96. The van der Waals surface area contributed by atoms with Crippen molar-refractivity contribution in [1.29, 1.82) is 0 Å². The third kappa shape index (κ3) is 4.54. The smallest absolute Gasteiger partial charge is 0.209 e. The highest BCUT2D eigenvalue weighted by Gasteiger charge is 2.22. The van der Waals surface area contributed by atoms with Crippen molar-refractivity contribution in [3.8, 4) is 0 Å². The average molecular weight is 336 g/mol. The Bertz CT molecular complexity index is 676. The highest BCUT2D eigenvalue weighted by atomic mass is 32.2. The van der Waals surface area contributed by atoms with Crippen LogP contribution in [-0.4, -0.2) is 26.4 Å². The van der Waals surface area contributed by atoms with Gasteiger partial charge in [-0.25, -0.2) is 9.07 Å². The van der Waals surface area contributed by atoms with Gasteiger partial charge in [-0.05, 0) is 30.7 Å². The molecule has 0 aliphatic rings. The van der Waals surface area contributed by atoms with Gasteiger partial charge in [0.2, 0.25) is 5.16 Å². The fraction of sp³-hybridized carbons (Fsp3) is 0.438. The lowest BCUT2D eigenvalue weighted by Gasteiger charge is -2.16. The molecule has 1 heterocycles. The maximum Gasteiger partial charge on any atom is 0.209 e. The summed E-state index contributed by atoms with van der Waals surface area (Å²) in [5.41, 5.74) is 0.368. The molecule has 0 saturated heterocycles. The molecule has 0 unspecified atom stereocenters. The highest BCUT2D eigenvalue weighted by molar-refractivity contribution is 7.99. The fourth-order valence-corrected chi connectivity index (χ4v) is 2.86. The molecule has 23 heavy (non-hydrogen) atoms. The Balaban J connectivity index is 1.83. The van der Waals surface area contributed by atoms with E-state index in [1.54, 1.807) is 0 Å². The predicted molar refractivity (Wildman–Crippen MR) is 89.6 cm³/mol. The van der Waals surface area contributed by atoms with Crippen LogP contribution >= 0.6 is 11.8 Å². The Morgan fingerprint density at radius 1 is 1.26 bits per heavy atom. The molecule has 2 N–H and O–H groups in total. The molecule has 7 heteroatoms. The fourth-order valence-electron chi connectivity index (χ4n) is 2.06. The van der Waals surface area contributed by atoms with E-state index in [4.69, 9.17) is 5.84 Å². The number of ketones is 1. The van der Waals surface area contributed by atoms with Crippen LogP contribution in [0.1, 0.15) is 49.8 Å². The van der Waals surface area contributed by atoms with E-state index < -0.39 is 0 Å². The quantitative estimate of drug-likeness (QED) is 0.379. The van der Waals surface area contributed by atoms with E-state index >= 15 is 0 Å². The molecular formula is C16H21FN4OS. The van der Waals surface area contributed by atoms with E-state index in [2.05, 4.69) is 10.2 Å². The van der Waals surface area contributed by atoms with Gasteiger partial charge in [0.25, 0.3) is 0 Å². The standard InChI is InChI=1S/C16H21FN4OS/c1-16(2,3)14-19-20-15(21(14)18)23-10-4-5-13(22)11-6-8-12(17)9-7-11/h6-9H,4-5,10,18H2,1-3H3. The average Bonchev–Trinajstić information content (AvgIpc) is 2.85. The normalized spacial score (nSPS) is 11.7. The topological polar surface area (TPSA) is 73.8 Å². The van der Waals surface area contributed by atoms with Gasteiger partial charge >= 0.3 is 0 Å². The van der Waals surface area contributed by atoms with E-state index in [1.165, 1.54) is 40.7 Å². The predicted octanol–water partition coefficient (Wildman–Crippen LogP) is 3.18. The summed E-state index contributed by atoms with van der Waals surface area (Å²) in [4.78, 5) is 12.0. The van der Waals surface area contributed by atoms with Crippen LogP contribution in [0.25, 0.3) is 0 Å². The van der Waals surface area contributed by atoms with Gasteiger partial charge in [-0.2, -0.15) is 0 Å². The van der Waals surface area contributed by atoms with Crippen LogP contribution in [0.5, 0.6) is 0 Å². The molecule has 2 aromatic rings. The molecule has 0 spiro atoms. The molecule has 0 saturated carbocycles. The number of nitrogens with zero attached hydrogens (tertiary/aromatic N) is 3. The number of nitrogen functional groups attached to an aromatic ring is 1. The molecule has 1 aromatic heterocycles. The molecule has 0 aliphatic heterocycles. The summed E-state index contributed by atoms with van der Waals surface area (Å²) in [5, 5.41) is 8.86. The number of nitrogens with two attached hydrogens (primary N) is 1. The first-order chi connectivity index (χ1) is 10.8. The highest BCUT2D eigenvalue weighted by Crippen LogP contribution is 2.23. The van der Waals surface area contributed by atoms with Gasteiger partial charge in [0.1, 0.15) is 5.82 Å². The van der Waals surface area contributed by atoms with Gasteiger partial charge < -0.3 is 5.84 Å². The molecule has 0 aliphatic carbocycles. The number of aromatic nitrogens is 3. The third-order valence-electron chi connectivity index (χ3n) is 3.28. The van der Waals surface area contributed by atoms with Gasteiger partial charge in [0.15, 0.2) is 11.6 Å². The second-order valence-electron chi connectivity index (χ2n) is 6.31. The van der Waals surface area contributed by atoms with Crippen molar-refractivity contribution < 1.29 is 9.18 Å². The van der Waals surface area contributed by atoms with Crippen LogP contribution in [0.15, 0.2) is 29.4 Å². The largest absolute Gasteiger partial charge is 0.336 e. The third-order valence-corrected chi connectivity index (χ3v) is 4.31. The zero-order chi connectivity index (χ0) is 17.0. The molecule has 5 nitrogen and oxygen atoms in total. The molecule has 0 atom stereocenters. The Labute approximate surface area is 139 Å². The summed E-state index contributed by atoms with van der Waals surface area (Å²) in [6.07, 6.45) is 1.10. The summed E-state index contributed by atoms with van der Waals surface area (Å²) in [7, 11) is 0. The van der Waals surface area contributed by atoms with Crippen molar-refractivity contribution in [3.05, 3.63) is 41.5 Å². The molecule has 1 aromatic carbocycles. The monoisotopic (exact) mass is 336 g/mol. The minimum atomic E-state index is -0.339. The Morgan fingerprint density at radius 3 is 2.48 bits per heavy atom. The zero-order valence-corrected chi connectivity index (χ0v) is 14.4. The van der Waals surface area contributed by atoms with Gasteiger partial charge in [-0.1, -0.05) is 32.5 Å². The summed E-state index contributed by atoms with van der Waals surface area (Å²) >= 11 is 1.48. The van der Waals surface area contributed by atoms with Crippen molar-refractivity contribution in [2.45, 2.75) is 44.2 Å². The number of rotatable bonds is 6. The summed E-state index contributed by atoms with van der Waals surface area (Å²) in [6, 6.07) is 5.62. The lowest BCUT2D eigenvalue weighted by Crippen LogP contribution is -2.24.